The lowest BCUT2D eigenvalue weighted by Crippen LogP contribution is -2.19. The molecule has 0 aliphatic rings. The minimum Gasteiger partial charge on any atom is -0.390 e. The van der Waals surface area contributed by atoms with Crippen LogP contribution in [0.5, 0.6) is 0 Å². The number of aliphatic hydroxyl groups is 2. The van der Waals surface area contributed by atoms with Crippen LogP contribution >= 0.6 is 0 Å². The lowest BCUT2D eigenvalue weighted by molar-refractivity contribution is 0.0619. The van der Waals surface area contributed by atoms with Crippen molar-refractivity contribution in [1.29, 1.82) is 0 Å². The molecular weight excluding hydrogens is 140 g/mol. The Hall–Kier alpha value is -0.860. The summed E-state index contributed by atoms with van der Waals surface area (Å²) < 4.78 is 0. The van der Waals surface area contributed by atoms with Crippen LogP contribution in [0.3, 0.4) is 0 Å². The van der Waals surface area contributed by atoms with Crippen LogP contribution in [0.2, 0.25) is 0 Å². The number of hydrogen-bond acceptors (Lipinski definition) is 2. The summed E-state index contributed by atoms with van der Waals surface area (Å²) in [4.78, 5) is 0. The highest BCUT2D eigenvalue weighted by Crippen LogP contribution is 1.93. The summed E-state index contributed by atoms with van der Waals surface area (Å²) in [6.07, 6.45) is 6.79. The van der Waals surface area contributed by atoms with Gasteiger partial charge in [-0.05, 0) is 6.92 Å². The first-order valence-electron chi connectivity index (χ1n) is 3.50. The van der Waals surface area contributed by atoms with E-state index in [-0.39, 0.29) is 0 Å². The smallest absolute Gasteiger partial charge is 0.0980 e. The third-order valence-corrected chi connectivity index (χ3v) is 1.16. The maximum absolute atomic E-state index is 9.03. The first-order valence-corrected chi connectivity index (χ1v) is 3.50. The molecule has 0 amide bonds. The summed E-state index contributed by atoms with van der Waals surface area (Å²) in [5.41, 5.74) is 0. The van der Waals surface area contributed by atoms with Crippen LogP contribution in [-0.4, -0.2) is 22.4 Å². The van der Waals surface area contributed by atoms with Gasteiger partial charge in [-0.2, -0.15) is 0 Å². The van der Waals surface area contributed by atoms with Crippen molar-refractivity contribution >= 4 is 0 Å². The van der Waals surface area contributed by atoms with E-state index < -0.39 is 12.2 Å². The molecule has 0 saturated heterocycles. The van der Waals surface area contributed by atoms with Gasteiger partial charge in [0.2, 0.25) is 0 Å². The Morgan fingerprint density at radius 2 is 1.82 bits per heavy atom. The van der Waals surface area contributed by atoms with E-state index >= 15 is 0 Å². The van der Waals surface area contributed by atoms with Crippen LogP contribution in [0.15, 0.2) is 37.0 Å². The second-order valence-electron chi connectivity index (χ2n) is 2.24. The molecule has 11 heavy (non-hydrogen) atoms. The van der Waals surface area contributed by atoms with Gasteiger partial charge >= 0.3 is 0 Å². The van der Waals surface area contributed by atoms with Crippen molar-refractivity contribution in [2.45, 2.75) is 19.1 Å². The maximum atomic E-state index is 9.03. The Kier molecular flexibility index (Phi) is 5.43. The fraction of sp³-hybridized carbons (Fsp3) is 0.333. The minimum atomic E-state index is -0.788. The highest BCUT2D eigenvalue weighted by atomic mass is 16.3. The zero-order chi connectivity index (χ0) is 8.69. The zero-order valence-corrected chi connectivity index (χ0v) is 6.64. The standard InChI is InChI=1S/C9H14O2/c1-3-4-5-6-7-9(11)8(2)10/h3-11H,1H2,2H3. The van der Waals surface area contributed by atoms with Gasteiger partial charge in [0.05, 0.1) is 12.2 Å². The Labute approximate surface area is 67.2 Å². The van der Waals surface area contributed by atoms with E-state index in [4.69, 9.17) is 10.2 Å². The van der Waals surface area contributed by atoms with Gasteiger partial charge in [0.1, 0.15) is 0 Å². The molecule has 0 aromatic rings. The first-order chi connectivity index (χ1) is 5.18. The van der Waals surface area contributed by atoms with Crippen LogP contribution < -0.4 is 0 Å². The van der Waals surface area contributed by atoms with Gasteiger partial charge < -0.3 is 10.2 Å². The number of rotatable bonds is 4. The van der Waals surface area contributed by atoms with Crippen molar-refractivity contribution in [1.82, 2.24) is 0 Å². The lowest BCUT2D eigenvalue weighted by atomic mass is 10.2. The summed E-state index contributed by atoms with van der Waals surface area (Å²) in [7, 11) is 0. The fourth-order valence-electron chi connectivity index (χ4n) is 0.482. The summed E-state index contributed by atoms with van der Waals surface area (Å²) >= 11 is 0. The largest absolute Gasteiger partial charge is 0.390 e. The highest BCUT2D eigenvalue weighted by molar-refractivity contribution is 5.10. The number of aliphatic hydroxyl groups excluding tert-OH is 2. The van der Waals surface area contributed by atoms with E-state index in [1.54, 1.807) is 24.3 Å². The van der Waals surface area contributed by atoms with Gasteiger partial charge in [-0.1, -0.05) is 37.0 Å². The summed E-state index contributed by atoms with van der Waals surface area (Å²) in [6, 6.07) is 0. The van der Waals surface area contributed by atoms with Gasteiger partial charge in [-0.25, -0.2) is 0 Å². The SMILES string of the molecule is C=CC=CC=CC(O)C(C)O. The van der Waals surface area contributed by atoms with Gasteiger partial charge in [0.25, 0.3) is 0 Å². The molecule has 2 N–H and O–H groups in total. The van der Waals surface area contributed by atoms with Gasteiger partial charge in [-0.3, -0.25) is 0 Å². The number of hydrogen-bond donors (Lipinski definition) is 2. The van der Waals surface area contributed by atoms with Gasteiger partial charge in [-0.15, -0.1) is 0 Å². The van der Waals surface area contributed by atoms with E-state index in [2.05, 4.69) is 6.58 Å². The van der Waals surface area contributed by atoms with E-state index in [0.717, 1.165) is 0 Å². The molecule has 2 heteroatoms. The van der Waals surface area contributed by atoms with Crippen molar-refractivity contribution in [3.63, 3.8) is 0 Å². The van der Waals surface area contributed by atoms with Gasteiger partial charge in [0.15, 0.2) is 0 Å². The van der Waals surface area contributed by atoms with Gasteiger partial charge in [0, 0.05) is 0 Å². The summed E-state index contributed by atoms with van der Waals surface area (Å²) in [5, 5.41) is 17.9. The van der Waals surface area contributed by atoms with Crippen LogP contribution in [-0.2, 0) is 0 Å². The van der Waals surface area contributed by atoms with Crippen LogP contribution in [0.4, 0.5) is 0 Å². The third kappa shape index (κ3) is 5.58. The average Bonchev–Trinajstić information content (AvgIpc) is 1.97. The molecule has 2 unspecified atom stereocenters. The Balaban J connectivity index is 3.73. The molecule has 0 aromatic heterocycles. The molecule has 0 aliphatic carbocycles. The molecule has 0 aromatic carbocycles. The van der Waals surface area contributed by atoms with E-state index in [1.165, 1.54) is 13.0 Å². The molecule has 0 saturated carbocycles. The average molecular weight is 154 g/mol. The third-order valence-electron chi connectivity index (χ3n) is 1.16. The van der Waals surface area contributed by atoms with Crippen LogP contribution in [0, 0.1) is 0 Å². The highest BCUT2D eigenvalue weighted by Gasteiger charge is 2.03. The summed E-state index contributed by atoms with van der Waals surface area (Å²) in [6.45, 7) is 5.01. The molecule has 0 spiro atoms. The van der Waals surface area contributed by atoms with Crippen molar-refractivity contribution < 1.29 is 10.2 Å². The molecule has 2 atom stereocenters. The first kappa shape index (κ1) is 10.1. The molecule has 0 fully saturated rings. The van der Waals surface area contributed by atoms with Crippen LogP contribution in [0.25, 0.3) is 0 Å². The Morgan fingerprint density at radius 3 is 2.27 bits per heavy atom. The molecule has 2 nitrogen and oxygen atoms in total. The Morgan fingerprint density at radius 1 is 1.18 bits per heavy atom. The second kappa shape index (κ2) is 5.89. The Bertz CT molecular complexity index is 157. The normalized spacial score (nSPS) is 17.4. The van der Waals surface area contributed by atoms with E-state index in [9.17, 15) is 0 Å². The molecule has 0 heterocycles. The second-order valence-corrected chi connectivity index (χ2v) is 2.24. The van der Waals surface area contributed by atoms with Crippen molar-refractivity contribution in [3.8, 4) is 0 Å². The lowest BCUT2D eigenvalue weighted by Gasteiger charge is -2.06. The minimum absolute atomic E-state index is 0.719. The predicted octanol–water partition coefficient (Wildman–Crippen LogP) is 1.03. The quantitative estimate of drug-likeness (QED) is 0.594. The molecule has 62 valence electrons. The van der Waals surface area contributed by atoms with Crippen LogP contribution in [0.1, 0.15) is 6.92 Å². The zero-order valence-electron chi connectivity index (χ0n) is 6.64. The molecule has 0 aliphatic heterocycles. The monoisotopic (exact) mass is 154 g/mol. The van der Waals surface area contributed by atoms with E-state index in [1.807, 2.05) is 0 Å². The van der Waals surface area contributed by atoms with Crippen molar-refractivity contribution in [2.75, 3.05) is 0 Å². The predicted molar refractivity (Wildman–Crippen MR) is 46.2 cm³/mol. The molecular formula is C9H14O2. The maximum Gasteiger partial charge on any atom is 0.0980 e. The van der Waals surface area contributed by atoms with Crippen molar-refractivity contribution in [3.05, 3.63) is 37.0 Å². The molecule has 0 rings (SSSR count). The van der Waals surface area contributed by atoms with E-state index in [0.29, 0.717) is 0 Å². The topological polar surface area (TPSA) is 40.5 Å². The summed E-state index contributed by atoms with van der Waals surface area (Å²) in [5.74, 6) is 0. The number of allylic oxidation sites excluding steroid dienone is 4. The molecule has 0 radical (unpaired) electrons. The fourth-order valence-corrected chi connectivity index (χ4v) is 0.482. The van der Waals surface area contributed by atoms with Crippen molar-refractivity contribution in [2.24, 2.45) is 0 Å². The molecule has 0 bridgehead atoms.